The van der Waals surface area contributed by atoms with E-state index < -0.39 is 0 Å². The van der Waals surface area contributed by atoms with Crippen molar-refractivity contribution in [1.29, 1.82) is 0 Å². The highest BCUT2D eigenvalue weighted by Crippen LogP contribution is 2.24. The second-order valence-corrected chi connectivity index (χ2v) is 5.70. The Hall–Kier alpha value is -0.580. The summed E-state index contributed by atoms with van der Waals surface area (Å²) in [5.41, 5.74) is 0. The Labute approximate surface area is 108 Å². The average Bonchev–Trinajstić information content (AvgIpc) is 2.76. The summed E-state index contributed by atoms with van der Waals surface area (Å²) < 4.78 is 0. The summed E-state index contributed by atoms with van der Waals surface area (Å²) in [5, 5.41) is 10.3. The minimum Gasteiger partial charge on any atom is -0.143 e. The largest absolute Gasteiger partial charge is 0.143 e. The van der Waals surface area contributed by atoms with Crippen LogP contribution in [0.5, 0.6) is 0 Å². The van der Waals surface area contributed by atoms with E-state index in [1.54, 1.807) is 23.1 Å². The standard InChI is InChI=1S/C11H11ClN2S2/c12-7-6-10-13-14-11(16-10)8-15-9-4-2-1-3-5-9/h1-5H,6-8H2. The third-order valence-corrected chi connectivity index (χ3v) is 4.30. The zero-order chi connectivity index (χ0) is 11.2. The summed E-state index contributed by atoms with van der Waals surface area (Å²) >= 11 is 9.08. The molecular formula is C11H11ClN2S2. The first kappa shape index (κ1) is 11.9. The lowest BCUT2D eigenvalue weighted by Gasteiger charge is -1.96. The second-order valence-electron chi connectivity index (χ2n) is 3.13. The van der Waals surface area contributed by atoms with E-state index in [9.17, 15) is 0 Å². The van der Waals surface area contributed by atoms with E-state index in [0.29, 0.717) is 5.88 Å². The van der Waals surface area contributed by atoms with Crippen molar-refractivity contribution in [3.63, 3.8) is 0 Å². The predicted molar refractivity (Wildman–Crippen MR) is 70.3 cm³/mol. The molecule has 5 heteroatoms. The van der Waals surface area contributed by atoms with Crippen molar-refractivity contribution >= 4 is 34.7 Å². The topological polar surface area (TPSA) is 25.8 Å². The second kappa shape index (κ2) is 6.23. The zero-order valence-electron chi connectivity index (χ0n) is 8.60. The summed E-state index contributed by atoms with van der Waals surface area (Å²) in [5.74, 6) is 1.49. The van der Waals surface area contributed by atoms with Gasteiger partial charge in [0.2, 0.25) is 0 Å². The van der Waals surface area contributed by atoms with E-state index in [2.05, 4.69) is 22.3 Å². The van der Waals surface area contributed by atoms with Crippen molar-refractivity contribution in [1.82, 2.24) is 10.2 Å². The summed E-state index contributed by atoms with van der Waals surface area (Å²) in [7, 11) is 0. The molecule has 0 saturated carbocycles. The highest BCUT2D eigenvalue weighted by Gasteiger charge is 2.04. The lowest BCUT2D eigenvalue weighted by molar-refractivity contribution is 0.965. The molecule has 0 spiro atoms. The van der Waals surface area contributed by atoms with Crippen LogP contribution in [0.3, 0.4) is 0 Å². The van der Waals surface area contributed by atoms with Crippen LogP contribution in [0.15, 0.2) is 35.2 Å². The van der Waals surface area contributed by atoms with Gasteiger partial charge in [-0.2, -0.15) is 0 Å². The van der Waals surface area contributed by atoms with Gasteiger partial charge in [0, 0.05) is 17.2 Å². The number of benzene rings is 1. The van der Waals surface area contributed by atoms with Gasteiger partial charge in [0.15, 0.2) is 0 Å². The van der Waals surface area contributed by atoms with Crippen molar-refractivity contribution in [2.45, 2.75) is 17.1 Å². The predicted octanol–water partition coefficient (Wildman–Crippen LogP) is 3.61. The molecular weight excluding hydrogens is 260 g/mol. The fraction of sp³-hybridized carbons (Fsp3) is 0.273. The molecule has 84 valence electrons. The first-order chi connectivity index (χ1) is 7.88. The number of aryl methyl sites for hydroxylation is 1. The molecule has 0 saturated heterocycles. The number of nitrogens with zero attached hydrogens (tertiary/aromatic N) is 2. The van der Waals surface area contributed by atoms with Gasteiger partial charge in [0.1, 0.15) is 10.0 Å². The molecule has 1 heterocycles. The molecule has 1 aromatic heterocycles. The van der Waals surface area contributed by atoms with Crippen molar-refractivity contribution in [3.05, 3.63) is 40.3 Å². The first-order valence-electron chi connectivity index (χ1n) is 4.93. The lowest BCUT2D eigenvalue weighted by atomic mass is 10.4. The first-order valence-corrected chi connectivity index (χ1v) is 7.27. The fourth-order valence-electron chi connectivity index (χ4n) is 1.19. The van der Waals surface area contributed by atoms with Crippen molar-refractivity contribution in [2.24, 2.45) is 0 Å². The molecule has 0 fully saturated rings. The maximum absolute atomic E-state index is 5.65. The van der Waals surface area contributed by atoms with Gasteiger partial charge in [-0.05, 0) is 12.1 Å². The van der Waals surface area contributed by atoms with Gasteiger partial charge in [-0.25, -0.2) is 0 Å². The third kappa shape index (κ3) is 3.47. The maximum atomic E-state index is 5.65. The number of rotatable bonds is 5. The van der Waals surface area contributed by atoms with Gasteiger partial charge < -0.3 is 0 Å². The van der Waals surface area contributed by atoms with E-state index in [-0.39, 0.29) is 0 Å². The van der Waals surface area contributed by atoms with E-state index >= 15 is 0 Å². The molecule has 2 nitrogen and oxygen atoms in total. The van der Waals surface area contributed by atoms with Crippen LogP contribution in [0.1, 0.15) is 10.0 Å². The Morgan fingerprint density at radius 2 is 1.88 bits per heavy atom. The molecule has 0 bridgehead atoms. The molecule has 0 aliphatic heterocycles. The maximum Gasteiger partial charge on any atom is 0.127 e. The fourth-order valence-corrected chi connectivity index (χ4v) is 3.23. The number of hydrogen-bond donors (Lipinski definition) is 0. The minimum atomic E-state index is 0.612. The Balaban J connectivity index is 1.89. The van der Waals surface area contributed by atoms with Gasteiger partial charge >= 0.3 is 0 Å². The summed E-state index contributed by atoms with van der Waals surface area (Å²) in [4.78, 5) is 1.26. The number of hydrogen-bond acceptors (Lipinski definition) is 4. The highest BCUT2D eigenvalue weighted by molar-refractivity contribution is 7.98. The number of aromatic nitrogens is 2. The number of alkyl halides is 1. The molecule has 16 heavy (non-hydrogen) atoms. The highest BCUT2D eigenvalue weighted by atomic mass is 35.5. The summed E-state index contributed by atoms with van der Waals surface area (Å²) in [6.45, 7) is 0. The molecule has 0 unspecified atom stereocenters. The Morgan fingerprint density at radius 1 is 1.12 bits per heavy atom. The Morgan fingerprint density at radius 3 is 2.62 bits per heavy atom. The van der Waals surface area contributed by atoms with Crippen molar-refractivity contribution in [3.8, 4) is 0 Å². The third-order valence-electron chi connectivity index (χ3n) is 1.92. The molecule has 0 N–H and O–H groups in total. The van der Waals surface area contributed by atoms with Crippen LogP contribution in [-0.2, 0) is 12.2 Å². The van der Waals surface area contributed by atoms with Crippen molar-refractivity contribution in [2.75, 3.05) is 5.88 Å². The van der Waals surface area contributed by atoms with Crippen LogP contribution >= 0.6 is 34.7 Å². The van der Waals surface area contributed by atoms with Gasteiger partial charge in [-0.15, -0.1) is 44.9 Å². The summed E-state index contributed by atoms with van der Waals surface area (Å²) in [6.07, 6.45) is 0.815. The Kier molecular flexibility index (Phi) is 4.63. The molecule has 2 rings (SSSR count). The molecule has 0 amide bonds. The average molecular weight is 271 g/mol. The van der Waals surface area contributed by atoms with Gasteiger partial charge in [-0.1, -0.05) is 18.2 Å². The minimum absolute atomic E-state index is 0.612. The van der Waals surface area contributed by atoms with E-state index in [4.69, 9.17) is 11.6 Å². The van der Waals surface area contributed by atoms with E-state index in [0.717, 1.165) is 22.2 Å². The number of halogens is 1. The normalized spacial score (nSPS) is 10.6. The molecule has 0 aliphatic carbocycles. The summed E-state index contributed by atoms with van der Waals surface area (Å²) in [6, 6.07) is 10.3. The Bertz CT molecular complexity index is 431. The van der Waals surface area contributed by atoms with Crippen LogP contribution in [0, 0.1) is 0 Å². The SMILES string of the molecule is ClCCc1nnc(CSc2ccccc2)s1. The smallest absolute Gasteiger partial charge is 0.127 e. The van der Waals surface area contributed by atoms with Crippen LogP contribution < -0.4 is 0 Å². The molecule has 0 radical (unpaired) electrons. The van der Waals surface area contributed by atoms with Gasteiger partial charge in [0.05, 0.1) is 5.75 Å². The quantitative estimate of drug-likeness (QED) is 0.613. The van der Waals surface area contributed by atoms with Gasteiger partial charge in [-0.3, -0.25) is 0 Å². The van der Waals surface area contributed by atoms with Gasteiger partial charge in [0.25, 0.3) is 0 Å². The van der Waals surface area contributed by atoms with Crippen LogP contribution in [0.4, 0.5) is 0 Å². The molecule has 1 aromatic carbocycles. The molecule has 2 aromatic rings. The molecule has 0 aliphatic rings. The van der Waals surface area contributed by atoms with Crippen molar-refractivity contribution < 1.29 is 0 Å². The zero-order valence-corrected chi connectivity index (χ0v) is 11.0. The van der Waals surface area contributed by atoms with Crippen LogP contribution in [-0.4, -0.2) is 16.1 Å². The monoisotopic (exact) mass is 270 g/mol. The molecule has 0 atom stereocenters. The van der Waals surface area contributed by atoms with E-state index in [1.165, 1.54) is 4.90 Å². The number of thioether (sulfide) groups is 1. The van der Waals surface area contributed by atoms with Crippen LogP contribution in [0.25, 0.3) is 0 Å². The lowest BCUT2D eigenvalue weighted by Crippen LogP contribution is -1.83. The van der Waals surface area contributed by atoms with Crippen LogP contribution in [0.2, 0.25) is 0 Å². The van der Waals surface area contributed by atoms with E-state index in [1.807, 2.05) is 18.2 Å².